The number of ether oxygens (including phenoxy) is 3. The molecule has 10 nitrogen and oxygen atoms in total. The van der Waals surface area contributed by atoms with E-state index in [1.54, 1.807) is 24.2 Å². The number of methoxy groups -OCH3 is 2. The largest absolute Gasteiger partial charge is 0.497 e. The summed E-state index contributed by atoms with van der Waals surface area (Å²) in [5, 5.41) is 23.7. The SMILES string of the molecule is C=CCCCCC(=O)N(CCc1cccc(OC)c1)C1CC(C(=O)NCCO)=CC(Oc2c(I)cc(C=O)cc2OC)C1O. The van der Waals surface area contributed by atoms with E-state index >= 15 is 0 Å². The van der Waals surface area contributed by atoms with Gasteiger partial charge in [0.25, 0.3) is 0 Å². The van der Waals surface area contributed by atoms with Crippen LogP contribution in [0.4, 0.5) is 0 Å². The molecule has 0 bridgehead atoms. The Balaban J connectivity index is 1.99. The number of halogens is 1. The van der Waals surface area contributed by atoms with Gasteiger partial charge < -0.3 is 34.6 Å². The average Bonchev–Trinajstić information content (AvgIpc) is 3.04. The first-order chi connectivity index (χ1) is 21.3. The molecule has 3 N–H and O–H groups in total. The van der Waals surface area contributed by atoms with E-state index in [0.29, 0.717) is 57.6 Å². The van der Waals surface area contributed by atoms with Crippen LogP contribution in [0.5, 0.6) is 17.2 Å². The summed E-state index contributed by atoms with van der Waals surface area (Å²) < 4.78 is 17.7. The third kappa shape index (κ3) is 9.54. The number of benzene rings is 2. The van der Waals surface area contributed by atoms with E-state index in [1.807, 2.05) is 52.9 Å². The number of hydrogen-bond acceptors (Lipinski definition) is 8. The van der Waals surface area contributed by atoms with Gasteiger partial charge in [-0.15, -0.1) is 6.58 Å². The lowest BCUT2D eigenvalue weighted by atomic mass is 9.87. The lowest BCUT2D eigenvalue weighted by molar-refractivity contribution is -0.138. The zero-order valence-electron chi connectivity index (χ0n) is 25.2. The van der Waals surface area contributed by atoms with Crippen molar-refractivity contribution in [3.8, 4) is 17.2 Å². The number of hydrogen-bond donors (Lipinski definition) is 3. The Labute approximate surface area is 272 Å². The smallest absolute Gasteiger partial charge is 0.247 e. The Kier molecular flexibility index (Phi) is 14.2. The van der Waals surface area contributed by atoms with E-state index in [4.69, 9.17) is 14.2 Å². The van der Waals surface area contributed by atoms with Crippen molar-refractivity contribution in [2.75, 3.05) is 33.9 Å². The number of aliphatic hydroxyl groups is 2. The van der Waals surface area contributed by atoms with Crippen LogP contribution in [0.3, 0.4) is 0 Å². The van der Waals surface area contributed by atoms with Crippen molar-refractivity contribution in [1.29, 1.82) is 0 Å². The van der Waals surface area contributed by atoms with Gasteiger partial charge in [0.15, 0.2) is 11.5 Å². The van der Waals surface area contributed by atoms with Gasteiger partial charge in [-0.3, -0.25) is 14.4 Å². The number of nitrogens with one attached hydrogen (secondary N) is 1. The molecular weight excluding hydrogens is 679 g/mol. The zero-order chi connectivity index (χ0) is 32.1. The topological polar surface area (TPSA) is 135 Å². The zero-order valence-corrected chi connectivity index (χ0v) is 27.3. The molecule has 3 unspecified atom stereocenters. The van der Waals surface area contributed by atoms with Crippen molar-refractivity contribution in [3.63, 3.8) is 0 Å². The van der Waals surface area contributed by atoms with E-state index in [0.717, 1.165) is 18.4 Å². The van der Waals surface area contributed by atoms with Gasteiger partial charge in [0.2, 0.25) is 11.8 Å². The Morgan fingerprint density at radius 3 is 2.66 bits per heavy atom. The summed E-state index contributed by atoms with van der Waals surface area (Å²) >= 11 is 2.02. The summed E-state index contributed by atoms with van der Waals surface area (Å²) in [7, 11) is 3.04. The van der Waals surface area contributed by atoms with Crippen molar-refractivity contribution in [1.82, 2.24) is 10.2 Å². The predicted octanol–water partition coefficient (Wildman–Crippen LogP) is 3.85. The van der Waals surface area contributed by atoms with Crippen LogP contribution in [0.2, 0.25) is 0 Å². The standard InChI is InChI=1S/C33H41IN2O8/c1-4-5-6-7-11-30(39)36(14-12-22-9-8-10-25(16-22)42-2)27-19-24(33(41)35-13-15-37)20-28(31(27)40)44-32-26(34)17-23(21-38)18-29(32)43-3/h4,8-10,16-18,20-21,27-28,31,37,40H,1,5-7,11-15,19H2,2-3H3,(H,35,41). The van der Waals surface area contributed by atoms with Crippen molar-refractivity contribution < 1.29 is 38.8 Å². The molecular formula is C33H41IN2O8. The summed E-state index contributed by atoms with van der Waals surface area (Å²) in [5.41, 5.74) is 1.67. The third-order valence-corrected chi connectivity index (χ3v) is 8.20. The first-order valence-electron chi connectivity index (χ1n) is 14.6. The van der Waals surface area contributed by atoms with E-state index < -0.39 is 24.2 Å². The molecule has 0 aromatic heterocycles. The molecule has 0 saturated carbocycles. The number of carbonyl (C=O) groups is 3. The van der Waals surface area contributed by atoms with E-state index in [1.165, 1.54) is 13.2 Å². The normalized spacial score (nSPS) is 17.7. The van der Waals surface area contributed by atoms with Crippen LogP contribution < -0.4 is 19.5 Å². The number of rotatable bonds is 17. The van der Waals surface area contributed by atoms with Gasteiger partial charge in [-0.2, -0.15) is 0 Å². The highest BCUT2D eigenvalue weighted by atomic mass is 127. The summed E-state index contributed by atoms with van der Waals surface area (Å²) in [5.74, 6) is 0.730. The molecule has 2 amide bonds. The minimum absolute atomic E-state index is 0.0512. The second-order valence-electron chi connectivity index (χ2n) is 10.4. The van der Waals surface area contributed by atoms with Gasteiger partial charge >= 0.3 is 0 Å². The number of carbonyl (C=O) groups excluding carboxylic acids is 3. The van der Waals surface area contributed by atoms with Gasteiger partial charge in [-0.25, -0.2) is 0 Å². The number of aliphatic hydroxyl groups excluding tert-OH is 2. The van der Waals surface area contributed by atoms with Gasteiger partial charge in [0.1, 0.15) is 24.2 Å². The minimum Gasteiger partial charge on any atom is -0.497 e. The number of amides is 2. The van der Waals surface area contributed by atoms with E-state index in [9.17, 15) is 24.6 Å². The number of allylic oxidation sites excluding steroid dienone is 1. The maximum atomic E-state index is 13.8. The molecule has 2 aromatic carbocycles. The lowest BCUT2D eigenvalue weighted by Gasteiger charge is -2.41. The summed E-state index contributed by atoms with van der Waals surface area (Å²) in [6.07, 6.45) is 4.96. The highest BCUT2D eigenvalue weighted by Gasteiger charge is 2.40. The fraction of sp³-hybridized carbons (Fsp3) is 0.424. The van der Waals surface area contributed by atoms with E-state index in [2.05, 4.69) is 11.9 Å². The second-order valence-corrected chi connectivity index (χ2v) is 11.6. The minimum atomic E-state index is -1.20. The Hall–Kier alpha value is -3.42. The number of aldehydes is 1. The molecule has 11 heteroatoms. The average molecular weight is 721 g/mol. The van der Waals surface area contributed by atoms with Crippen LogP contribution in [0.25, 0.3) is 0 Å². The predicted molar refractivity (Wildman–Crippen MR) is 175 cm³/mol. The first kappa shape index (κ1) is 35.1. The van der Waals surface area contributed by atoms with Crippen molar-refractivity contribution >= 4 is 40.7 Å². The summed E-state index contributed by atoms with van der Waals surface area (Å²) in [6.45, 7) is 3.86. The Morgan fingerprint density at radius 1 is 1.18 bits per heavy atom. The van der Waals surface area contributed by atoms with Crippen LogP contribution in [-0.2, 0) is 16.0 Å². The fourth-order valence-corrected chi connectivity index (χ4v) is 5.85. The lowest BCUT2D eigenvalue weighted by Crippen LogP contribution is -2.55. The van der Waals surface area contributed by atoms with Crippen molar-refractivity contribution in [3.05, 3.63) is 75.4 Å². The van der Waals surface area contributed by atoms with Crippen LogP contribution in [0, 0.1) is 3.57 Å². The first-order valence-corrected chi connectivity index (χ1v) is 15.6. The second kappa shape index (κ2) is 17.8. The Morgan fingerprint density at radius 2 is 1.98 bits per heavy atom. The molecule has 3 rings (SSSR count). The van der Waals surface area contributed by atoms with Crippen molar-refractivity contribution in [2.24, 2.45) is 0 Å². The maximum absolute atomic E-state index is 13.8. The molecule has 44 heavy (non-hydrogen) atoms. The van der Waals surface area contributed by atoms with Gasteiger partial charge in [0, 0.05) is 37.1 Å². The number of nitrogens with zero attached hydrogens (tertiary/aromatic N) is 1. The van der Waals surface area contributed by atoms with Crippen molar-refractivity contribution in [2.45, 2.75) is 56.8 Å². The molecule has 0 spiro atoms. The molecule has 1 aliphatic rings. The molecule has 2 aromatic rings. The van der Waals surface area contributed by atoms with Gasteiger partial charge in [-0.05, 0) is 84.2 Å². The quantitative estimate of drug-likeness (QED) is 0.0972. The highest BCUT2D eigenvalue weighted by molar-refractivity contribution is 14.1. The number of unbranched alkanes of at least 4 members (excludes halogenated alkanes) is 2. The third-order valence-electron chi connectivity index (χ3n) is 7.40. The fourth-order valence-electron chi connectivity index (χ4n) is 5.10. The van der Waals surface area contributed by atoms with Crippen LogP contribution in [0.1, 0.15) is 48.0 Å². The van der Waals surface area contributed by atoms with Gasteiger partial charge in [0.05, 0.1) is 30.4 Å². The Bertz CT molecular complexity index is 1330. The van der Waals surface area contributed by atoms with E-state index in [-0.39, 0.29) is 31.9 Å². The molecule has 0 fully saturated rings. The van der Waals surface area contributed by atoms with Crippen LogP contribution in [0.15, 0.2) is 60.7 Å². The molecule has 0 aliphatic heterocycles. The van der Waals surface area contributed by atoms with Crippen LogP contribution >= 0.6 is 22.6 Å². The molecule has 0 radical (unpaired) electrons. The molecule has 0 heterocycles. The molecule has 1 aliphatic carbocycles. The van der Waals surface area contributed by atoms with Crippen LogP contribution in [-0.4, -0.2) is 85.4 Å². The molecule has 0 saturated heterocycles. The summed E-state index contributed by atoms with van der Waals surface area (Å²) in [6, 6.07) is 9.96. The highest BCUT2D eigenvalue weighted by Crippen LogP contribution is 2.37. The summed E-state index contributed by atoms with van der Waals surface area (Å²) in [4.78, 5) is 40.0. The monoisotopic (exact) mass is 720 g/mol. The van der Waals surface area contributed by atoms with Gasteiger partial charge in [-0.1, -0.05) is 18.2 Å². The maximum Gasteiger partial charge on any atom is 0.247 e. The molecule has 3 atom stereocenters. The molecule has 238 valence electrons.